The van der Waals surface area contributed by atoms with Crippen molar-refractivity contribution in [1.82, 2.24) is 5.32 Å². The van der Waals surface area contributed by atoms with Gasteiger partial charge in [-0.2, -0.15) is 0 Å². The zero-order valence-electron chi connectivity index (χ0n) is 12.7. The van der Waals surface area contributed by atoms with Crippen molar-refractivity contribution in [2.75, 3.05) is 13.1 Å². The van der Waals surface area contributed by atoms with Gasteiger partial charge in [0.25, 0.3) is 0 Å². The van der Waals surface area contributed by atoms with Crippen LogP contribution in [-0.4, -0.2) is 13.1 Å². The molecule has 0 unspecified atom stereocenters. The maximum Gasteiger partial charge on any atom is 0.00774 e. The Morgan fingerprint density at radius 2 is 1.89 bits per heavy atom. The summed E-state index contributed by atoms with van der Waals surface area (Å²) in [5.74, 6) is 0. The van der Waals surface area contributed by atoms with Gasteiger partial charge in [-0.15, -0.1) is 11.3 Å². The molecule has 1 aromatic rings. The first-order valence-corrected chi connectivity index (χ1v) is 8.03. The predicted molar refractivity (Wildman–Crippen MR) is 83.7 cm³/mol. The predicted octanol–water partition coefficient (Wildman–Crippen LogP) is 4.71. The lowest BCUT2D eigenvalue weighted by Gasteiger charge is -2.24. The van der Waals surface area contributed by atoms with Crippen LogP contribution in [0, 0.1) is 19.3 Å². The van der Waals surface area contributed by atoms with Crippen molar-refractivity contribution in [1.29, 1.82) is 0 Å². The molecule has 0 fully saturated rings. The molecule has 0 aliphatic heterocycles. The quantitative estimate of drug-likeness (QED) is 0.672. The maximum atomic E-state index is 3.51. The Labute approximate surface area is 117 Å². The second kappa shape index (κ2) is 7.30. The zero-order chi connectivity index (χ0) is 13.6. The molecule has 1 nitrogen and oxygen atoms in total. The van der Waals surface area contributed by atoms with Crippen molar-refractivity contribution in [3.63, 3.8) is 0 Å². The molecule has 1 heterocycles. The minimum atomic E-state index is 0.449. The molecule has 1 aromatic heterocycles. The Balaban J connectivity index is 2.34. The third-order valence-electron chi connectivity index (χ3n) is 3.58. The van der Waals surface area contributed by atoms with Crippen LogP contribution in [-0.2, 0) is 6.42 Å². The van der Waals surface area contributed by atoms with Crippen LogP contribution in [0.1, 0.15) is 55.4 Å². The fourth-order valence-electron chi connectivity index (χ4n) is 2.24. The van der Waals surface area contributed by atoms with E-state index in [2.05, 4.69) is 46.0 Å². The van der Waals surface area contributed by atoms with Crippen molar-refractivity contribution in [3.8, 4) is 0 Å². The van der Waals surface area contributed by atoms with Crippen LogP contribution >= 0.6 is 11.3 Å². The summed E-state index contributed by atoms with van der Waals surface area (Å²) >= 11 is 1.97. The number of hydrogen-bond acceptors (Lipinski definition) is 2. The van der Waals surface area contributed by atoms with Gasteiger partial charge >= 0.3 is 0 Å². The van der Waals surface area contributed by atoms with Gasteiger partial charge in [-0.25, -0.2) is 0 Å². The van der Waals surface area contributed by atoms with Crippen molar-refractivity contribution in [2.24, 2.45) is 5.41 Å². The van der Waals surface area contributed by atoms with Crippen LogP contribution in [0.25, 0.3) is 0 Å². The van der Waals surface area contributed by atoms with Crippen molar-refractivity contribution in [3.05, 3.63) is 21.4 Å². The fraction of sp³-hybridized carbons (Fsp3) is 0.750. The van der Waals surface area contributed by atoms with E-state index in [0.717, 1.165) is 13.1 Å². The lowest BCUT2D eigenvalue weighted by Crippen LogP contribution is -2.23. The molecule has 0 amide bonds. The van der Waals surface area contributed by atoms with Crippen LogP contribution in [0.4, 0.5) is 0 Å². The number of thiophene rings is 1. The van der Waals surface area contributed by atoms with Gasteiger partial charge in [0, 0.05) is 9.75 Å². The van der Waals surface area contributed by atoms with Crippen molar-refractivity contribution < 1.29 is 0 Å². The number of hydrogen-bond donors (Lipinski definition) is 1. The minimum absolute atomic E-state index is 0.449. The molecule has 1 rings (SSSR count). The van der Waals surface area contributed by atoms with Crippen LogP contribution in [0.3, 0.4) is 0 Å². The molecular formula is C16H29NS. The first kappa shape index (κ1) is 15.7. The molecule has 0 saturated heterocycles. The van der Waals surface area contributed by atoms with E-state index in [0.29, 0.717) is 5.41 Å². The van der Waals surface area contributed by atoms with Crippen LogP contribution < -0.4 is 5.32 Å². The second-order valence-corrected chi connectivity index (χ2v) is 7.47. The van der Waals surface area contributed by atoms with Gasteiger partial charge in [-0.05, 0) is 69.7 Å². The van der Waals surface area contributed by atoms with E-state index in [1.165, 1.54) is 36.1 Å². The van der Waals surface area contributed by atoms with Crippen molar-refractivity contribution >= 4 is 11.3 Å². The molecule has 0 saturated carbocycles. The molecule has 0 aromatic carbocycles. The Morgan fingerprint density at radius 3 is 2.44 bits per heavy atom. The van der Waals surface area contributed by atoms with E-state index >= 15 is 0 Å². The largest absolute Gasteiger partial charge is 0.317 e. The molecule has 0 radical (unpaired) electrons. The maximum absolute atomic E-state index is 3.51. The normalized spacial score (nSPS) is 12.1. The SMILES string of the molecule is CCCNCCC(C)(C)CCc1sc(C)cc1C. The number of rotatable bonds is 8. The molecule has 0 spiro atoms. The second-order valence-electron chi connectivity index (χ2n) is 6.13. The van der Waals surface area contributed by atoms with E-state index in [1.54, 1.807) is 4.88 Å². The van der Waals surface area contributed by atoms with Gasteiger partial charge in [0.05, 0.1) is 0 Å². The smallest absolute Gasteiger partial charge is 0.00774 e. The molecule has 0 aliphatic carbocycles. The average Bonchev–Trinajstić information content (AvgIpc) is 2.61. The minimum Gasteiger partial charge on any atom is -0.317 e. The first-order valence-electron chi connectivity index (χ1n) is 7.21. The van der Waals surface area contributed by atoms with E-state index in [-0.39, 0.29) is 0 Å². The summed E-state index contributed by atoms with van der Waals surface area (Å²) in [6.07, 6.45) is 5.04. The van der Waals surface area contributed by atoms with Crippen LogP contribution in [0.5, 0.6) is 0 Å². The van der Waals surface area contributed by atoms with E-state index in [9.17, 15) is 0 Å². The van der Waals surface area contributed by atoms with Crippen LogP contribution in [0.15, 0.2) is 6.07 Å². The Kier molecular flexibility index (Phi) is 6.37. The Bertz CT molecular complexity index is 352. The van der Waals surface area contributed by atoms with E-state index < -0.39 is 0 Å². The highest BCUT2D eigenvalue weighted by atomic mass is 32.1. The summed E-state index contributed by atoms with van der Waals surface area (Å²) in [5, 5.41) is 3.51. The average molecular weight is 267 g/mol. The Morgan fingerprint density at radius 1 is 1.17 bits per heavy atom. The topological polar surface area (TPSA) is 12.0 Å². The highest BCUT2D eigenvalue weighted by molar-refractivity contribution is 7.12. The molecule has 0 bridgehead atoms. The zero-order valence-corrected chi connectivity index (χ0v) is 13.5. The van der Waals surface area contributed by atoms with Gasteiger partial charge in [0.1, 0.15) is 0 Å². The first-order chi connectivity index (χ1) is 8.44. The molecule has 18 heavy (non-hydrogen) atoms. The van der Waals surface area contributed by atoms with Gasteiger partial charge < -0.3 is 5.32 Å². The summed E-state index contributed by atoms with van der Waals surface area (Å²) in [6.45, 7) is 13.8. The number of nitrogens with one attached hydrogen (secondary N) is 1. The Hall–Kier alpha value is -0.340. The van der Waals surface area contributed by atoms with Crippen molar-refractivity contribution in [2.45, 2.75) is 60.3 Å². The summed E-state index contributed by atoms with van der Waals surface area (Å²) < 4.78 is 0. The lowest BCUT2D eigenvalue weighted by atomic mass is 9.84. The van der Waals surface area contributed by atoms with Gasteiger partial charge in [0.2, 0.25) is 0 Å². The molecule has 0 aliphatic rings. The monoisotopic (exact) mass is 267 g/mol. The highest BCUT2D eigenvalue weighted by Crippen LogP contribution is 2.30. The molecular weight excluding hydrogens is 238 g/mol. The number of aryl methyl sites for hydroxylation is 3. The summed E-state index contributed by atoms with van der Waals surface area (Å²) in [5.41, 5.74) is 1.93. The molecule has 1 N–H and O–H groups in total. The summed E-state index contributed by atoms with van der Waals surface area (Å²) in [7, 11) is 0. The highest BCUT2D eigenvalue weighted by Gasteiger charge is 2.18. The summed E-state index contributed by atoms with van der Waals surface area (Å²) in [6, 6.07) is 2.32. The van der Waals surface area contributed by atoms with E-state index in [4.69, 9.17) is 0 Å². The van der Waals surface area contributed by atoms with Gasteiger partial charge in [0.15, 0.2) is 0 Å². The fourth-order valence-corrected chi connectivity index (χ4v) is 3.29. The third kappa shape index (κ3) is 5.53. The standard InChI is InChI=1S/C16H29NS/c1-6-10-17-11-9-16(4,5)8-7-15-13(2)12-14(3)18-15/h12,17H,6-11H2,1-5H3. The molecule has 2 heteroatoms. The third-order valence-corrected chi connectivity index (χ3v) is 4.79. The summed E-state index contributed by atoms with van der Waals surface area (Å²) in [4.78, 5) is 3.03. The van der Waals surface area contributed by atoms with E-state index in [1.807, 2.05) is 11.3 Å². The molecule has 0 atom stereocenters. The molecule has 104 valence electrons. The van der Waals surface area contributed by atoms with Gasteiger partial charge in [-0.3, -0.25) is 0 Å². The lowest BCUT2D eigenvalue weighted by molar-refractivity contribution is 0.303. The van der Waals surface area contributed by atoms with Gasteiger partial charge in [-0.1, -0.05) is 20.8 Å². The van der Waals surface area contributed by atoms with Crippen LogP contribution in [0.2, 0.25) is 0 Å².